The Labute approximate surface area is 146 Å². The van der Waals surface area contributed by atoms with Gasteiger partial charge in [0.1, 0.15) is 6.04 Å². The van der Waals surface area contributed by atoms with Crippen molar-refractivity contribution < 1.29 is 0 Å². The molecule has 0 spiro atoms. The molecule has 1 atom stereocenters. The van der Waals surface area contributed by atoms with Crippen LogP contribution < -0.4 is 5.32 Å². The highest BCUT2D eigenvalue weighted by Crippen LogP contribution is 2.32. The maximum atomic E-state index is 5.99. The van der Waals surface area contributed by atoms with Crippen molar-refractivity contribution in [1.82, 2.24) is 20.2 Å². The Morgan fingerprint density at radius 3 is 2.74 bits per heavy atom. The third-order valence-corrected chi connectivity index (χ3v) is 4.42. The van der Waals surface area contributed by atoms with Crippen molar-refractivity contribution in [1.29, 1.82) is 0 Å². The summed E-state index contributed by atoms with van der Waals surface area (Å²) in [7, 11) is 0. The van der Waals surface area contributed by atoms with Crippen molar-refractivity contribution in [2.24, 2.45) is 0 Å². The van der Waals surface area contributed by atoms with E-state index in [-0.39, 0.29) is 6.04 Å². The number of allylic oxidation sites excluding steroid dienone is 1. The average molecular weight is 389 g/mol. The van der Waals surface area contributed by atoms with Crippen LogP contribution in [0.2, 0.25) is 5.02 Å². The maximum Gasteiger partial charge on any atom is 0.248 e. The van der Waals surface area contributed by atoms with Gasteiger partial charge in [-0.2, -0.15) is 4.68 Å². The smallest absolute Gasteiger partial charge is 0.248 e. The number of nitrogens with zero attached hydrogens (tertiary/aromatic N) is 4. The van der Waals surface area contributed by atoms with Gasteiger partial charge in [0.25, 0.3) is 0 Å². The molecule has 4 rings (SSSR count). The largest absolute Gasteiger partial charge is 0.323 e. The minimum absolute atomic E-state index is 0.0903. The number of rotatable bonds is 2. The standard InChI is InChI=1S/C16H11BrClN5/c17-12-3-1-2-11(8-12)14-9-15(10-4-6-13(18)7-5-10)23-16(19-14)20-21-22-23/h1-9,15H,(H,19,20,22)/t15-/m0/s1. The molecule has 1 N–H and O–H groups in total. The van der Waals surface area contributed by atoms with Crippen LogP contribution >= 0.6 is 27.5 Å². The zero-order valence-corrected chi connectivity index (χ0v) is 14.2. The molecule has 1 aromatic heterocycles. The second-order valence-corrected chi connectivity index (χ2v) is 6.51. The Hall–Kier alpha value is -2.18. The number of tetrazole rings is 1. The highest BCUT2D eigenvalue weighted by Gasteiger charge is 2.24. The van der Waals surface area contributed by atoms with Gasteiger partial charge in [0.05, 0.1) is 0 Å². The van der Waals surface area contributed by atoms with E-state index in [4.69, 9.17) is 11.6 Å². The van der Waals surface area contributed by atoms with Crippen LogP contribution in [0, 0.1) is 0 Å². The number of hydrogen-bond acceptors (Lipinski definition) is 4. The zero-order chi connectivity index (χ0) is 15.8. The van der Waals surface area contributed by atoms with E-state index < -0.39 is 0 Å². The van der Waals surface area contributed by atoms with Gasteiger partial charge >= 0.3 is 0 Å². The molecule has 2 aromatic carbocycles. The van der Waals surface area contributed by atoms with E-state index in [0.717, 1.165) is 21.3 Å². The van der Waals surface area contributed by atoms with Crippen LogP contribution in [-0.2, 0) is 0 Å². The number of nitrogens with one attached hydrogen (secondary N) is 1. The first-order chi connectivity index (χ1) is 11.2. The Balaban J connectivity index is 1.81. The molecule has 7 heteroatoms. The van der Waals surface area contributed by atoms with E-state index in [1.165, 1.54) is 0 Å². The summed E-state index contributed by atoms with van der Waals surface area (Å²) in [5.74, 6) is 0.613. The maximum absolute atomic E-state index is 5.99. The molecular formula is C16H11BrClN5. The number of benzene rings is 2. The van der Waals surface area contributed by atoms with Gasteiger partial charge in [-0.15, -0.1) is 0 Å². The lowest BCUT2D eigenvalue weighted by atomic mass is 10.0. The lowest BCUT2D eigenvalue weighted by molar-refractivity contribution is 0.586. The number of aromatic nitrogens is 4. The molecule has 0 saturated heterocycles. The molecule has 1 aliphatic rings. The summed E-state index contributed by atoms with van der Waals surface area (Å²) >= 11 is 9.50. The molecule has 0 bridgehead atoms. The van der Waals surface area contributed by atoms with Gasteiger partial charge in [0.2, 0.25) is 5.95 Å². The summed E-state index contributed by atoms with van der Waals surface area (Å²) in [6.45, 7) is 0. The summed E-state index contributed by atoms with van der Waals surface area (Å²) in [5.41, 5.74) is 3.10. The topological polar surface area (TPSA) is 55.6 Å². The minimum Gasteiger partial charge on any atom is -0.323 e. The highest BCUT2D eigenvalue weighted by molar-refractivity contribution is 9.10. The summed E-state index contributed by atoms with van der Waals surface area (Å²) in [6, 6.07) is 15.7. The molecule has 0 fully saturated rings. The van der Waals surface area contributed by atoms with Crippen LogP contribution in [0.3, 0.4) is 0 Å². The molecule has 0 radical (unpaired) electrons. The van der Waals surface area contributed by atoms with E-state index >= 15 is 0 Å². The van der Waals surface area contributed by atoms with Crippen LogP contribution in [0.4, 0.5) is 5.95 Å². The molecule has 5 nitrogen and oxygen atoms in total. The van der Waals surface area contributed by atoms with Crippen LogP contribution in [0.15, 0.2) is 59.1 Å². The Bertz CT molecular complexity index is 887. The Morgan fingerprint density at radius 1 is 1.13 bits per heavy atom. The second-order valence-electron chi connectivity index (χ2n) is 5.16. The number of fused-ring (bicyclic) bond motifs is 1. The van der Waals surface area contributed by atoms with E-state index in [2.05, 4.69) is 48.9 Å². The molecule has 0 aliphatic carbocycles. The Morgan fingerprint density at radius 2 is 1.96 bits per heavy atom. The van der Waals surface area contributed by atoms with Crippen molar-refractivity contribution in [3.05, 3.63) is 75.2 Å². The predicted octanol–water partition coefficient (Wildman–Crippen LogP) is 4.15. The lowest BCUT2D eigenvalue weighted by Gasteiger charge is -2.23. The van der Waals surface area contributed by atoms with Gasteiger partial charge in [0, 0.05) is 15.2 Å². The second kappa shape index (κ2) is 5.79. The van der Waals surface area contributed by atoms with Gasteiger partial charge in [-0.05, 0) is 51.9 Å². The predicted molar refractivity (Wildman–Crippen MR) is 93.1 cm³/mol. The minimum atomic E-state index is -0.0903. The SMILES string of the molecule is Clc1ccc([C@@H]2C=C(c3cccc(Br)c3)Nc3nnnn32)cc1. The van der Waals surface area contributed by atoms with Gasteiger partial charge in [-0.1, -0.05) is 56.9 Å². The van der Waals surface area contributed by atoms with Gasteiger partial charge < -0.3 is 5.32 Å². The zero-order valence-electron chi connectivity index (χ0n) is 11.8. The molecule has 0 amide bonds. The van der Waals surface area contributed by atoms with Crippen molar-refractivity contribution in [2.75, 3.05) is 5.32 Å². The number of anilines is 1. The quantitative estimate of drug-likeness (QED) is 0.717. The molecular weight excluding hydrogens is 378 g/mol. The first-order valence-electron chi connectivity index (χ1n) is 6.99. The molecule has 23 heavy (non-hydrogen) atoms. The van der Waals surface area contributed by atoms with Crippen LogP contribution in [0.5, 0.6) is 0 Å². The molecule has 0 unspecified atom stereocenters. The summed E-state index contributed by atoms with van der Waals surface area (Å²) in [4.78, 5) is 0. The molecule has 1 aliphatic heterocycles. The summed E-state index contributed by atoms with van der Waals surface area (Å²) < 4.78 is 2.77. The Kier molecular flexibility index (Phi) is 3.63. The fraction of sp³-hybridized carbons (Fsp3) is 0.0625. The fourth-order valence-corrected chi connectivity index (χ4v) is 3.10. The third kappa shape index (κ3) is 2.75. The van der Waals surface area contributed by atoms with E-state index in [9.17, 15) is 0 Å². The van der Waals surface area contributed by atoms with Crippen molar-refractivity contribution in [3.63, 3.8) is 0 Å². The molecule has 0 saturated carbocycles. The number of halogens is 2. The van der Waals surface area contributed by atoms with E-state index in [1.807, 2.05) is 42.5 Å². The molecule has 114 valence electrons. The molecule has 3 aromatic rings. The van der Waals surface area contributed by atoms with Crippen LogP contribution in [-0.4, -0.2) is 20.2 Å². The van der Waals surface area contributed by atoms with Gasteiger partial charge in [0.15, 0.2) is 0 Å². The first-order valence-corrected chi connectivity index (χ1v) is 8.16. The van der Waals surface area contributed by atoms with Crippen molar-refractivity contribution in [3.8, 4) is 0 Å². The third-order valence-electron chi connectivity index (χ3n) is 3.67. The average Bonchev–Trinajstić information content (AvgIpc) is 3.03. The highest BCUT2D eigenvalue weighted by atomic mass is 79.9. The van der Waals surface area contributed by atoms with E-state index in [0.29, 0.717) is 11.0 Å². The van der Waals surface area contributed by atoms with Crippen molar-refractivity contribution in [2.45, 2.75) is 6.04 Å². The fourth-order valence-electron chi connectivity index (χ4n) is 2.58. The summed E-state index contributed by atoms with van der Waals surface area (Å²) in [6.07, 6.45) is 2.11. The number of hydrogen-bond donors (Lipinski definition) is 1. The van der Waals surface area contributed by atoms with Crippen molar-refractivity contribution >= 4 is 39.2 Å². The molecule has 2 heterocycles. The normalized spacial score (nSPS) is 16.4. The van der Waals surface area contributed by atoms with Crippen LogP contribution in [0.25, 0.3) is 5.70 Å². The first kappa shape index (κ1) is 14.4. The van der Waals surface area contributed by atoms with Gasteiger partial charge in [-0.25, -0.2) is 0 Å². The van der Waals surface area contributed by atoms with E-state index in [1.54, 1.807) is 4.68 Å². The van der Waals surface area contributed by atoms with Crippen LogP contribution in [0.1, 0.15) is 17.2 Å². The monoisotopic (exact) mass is 387 g/mol. The summed E-state index contributed by atoms with van der Waals surface area (Å²) in [5, 5.41) is 15.9. The van der Waals surface area contributed by atoms with Gasteiger partial charge in [-0.3, -0.25) is 0 Å². The lowest BCUT2D eigenvalue weighted by Crippen LogP contribution is -2.20.